The average molecular weight is 465 g/mol. The summed E-state index contributed by atoms with van der Waals surface area (Å²) in [7, 11) is 0. The second kappa shape index (κ2) is 7.63. The van der Waals surface area contributed by atoms with E-state index < -0.39 is 24.1 Å². The Morgan fingerprint density at radius 3 is 2.33 bits per heavy atom. The van der Waals surface area contributed by atoms with Crippen LogP contribution in [0.1, 0.15) is 72.1 Å². The molecule has 2 aliphatic heterocycles. The summed E-state index contributed by atoms with van der Waals surface area (Å²) in [5, 5.41) is 41.7. The van der Waals surface area contributed by atoms with Crippen molar-refractivity contribution in [2.75, 3.05) is 13.2 Å². The highest BCUT2D eigenvalue weighted by Gasteiger charge is 2.70. The van der Waals surface area contributed by atoms with Gasteiger partial charge in [0.2, 0.25) is 0 Å². The predicted octanol–water partition coefficient (Wildman–Crippen LogP) is 2.71. The number of ether oxygens (including phenoxy) is 2. The molecule has 6 nitrogen and oxygen atoms in total. The molecular formula is C27H44O6. The zero-order chi connectivity index (χ0) is 23.3. The standard InChI is InChI=1S/C27H44O6/c1-14-24-23(33-27(14)7-4-15(12-28)13-32-27)10-18-16-8-20(29)19-9-21(30)22(31)11-26(19,3)17(16)5-6-25(18,24)2/h14-24,28-31H,4-13H2,1-3H3/t14-,15+,16+,17-,18-,19+,20+,21+,22+,23-,24-,25-,26+,27+/m0/s1. The Labute approximate surface area is 198 Å². The highest BCUT2D eigenvalue weighted by molar-refractivity contribution is 5.16. The molecular weight excluding hydrogens is 420 g/mol. The van der Waals surface area contributed by atoms with Gasteiger partial charge in [-0.05, 0) is 85.4 Å². The summed E-state index contributed by atoms with van der Waals surface area (Å²) in [5.74, 6) is 2.09. The van der Waals surface area contributed by atoms with Crippen LogP contribution in [0.5, 0.6) is 0 Å². The van der Waals surface area contributed by atoms with Crippen LogP contribution in [-0.4, -0.2) is 63.8 Å². The van der Waals surface area contributed by atoms with E-state index in [9.17, 15) is 20.4 Å². The Bertz CT molecular complexity index is 766. The third kappa shape index (κ3) is 3.07. The normalized spacial score (nSPS) is 62.5. The molecule has 0 bridgehead atoms. The van der Waals surface area contributed by atoms with E-state index >= 15 is 0 Å². The number of hydrogen-bond acceptors (Lipinski definition) is 6. The zero-order valence-electron chi connectivity index (χ0n) is 20.5. The van der Waals surface area contributed by atoms with E-state index in [1.54, 1.807) is 0 Å². The van der Waals surface area contributed by atoms with Crippen LogP contribution >= 0.6 is 0 Å². The van der Waals surface area contributed by atoms with Gasteiger partial charge in [-0.15, -0.1) is 0 Å². The number of fused-ring (bicyclic) bond motifs is 7. The van der Waals surface area contributed by atoms with Crippen LogP contribution in [0.2, 0.25) is 0 Å². The van der Waals surface area contributed by atoms with E-state index in [-0.39, 0.29) is 35.4 Å². The SMILES string of the molecule is C[C@H]1[C@H]2[C@H](C[C@H]3[C@@H]4C[C@@H](O)[C@H]5C[C@@H](O)[C@H](O)C[C@]5(C)[C@H]4CC[C@]23C)O[C@]12CC[C@H](CO)CO2. The lowest BCUT2D eigenvalue weighted by Crippen LogP contribution is -2.61. The van der Waals surface area contributed by atoms with Crippen molar-refractivity contribution in [1.29, 1.82) is 0 Å². The van der Waals surface area contributed by atoms with Crippen LogP contribution in [-0.2, 0) is 9.47 Å². The van der Waals surface area contributed by atoms with Crippen LogP contribution in [0.15, 0.2) is 0 Å². The van der Waals surface area contributed by atoms with Gasteiger partial charge in [-0.25, -0.2) is 0 Å². The molecule has 2 saturated heterocycles. The number of aliphatic hydroxyl groups is 4. The average Bonchev–Trinajstić information content (AvgIpc) is 3.21. The van der Waals surface area contributed by atoms with Crippen molar-refractivity contribution in [3.05, 3.63) is 0 Å². The fourth-order valence-electron chi connectivity index (χ4n) is 10.4. The summed E-state index contributed by atoms with van der Waals surface area (Å²) in [6.07, 6.45) is 5.54. The zero-order valence-corrected chi connectivity index (χ0v) is 20.5. The first-order valence-corrected chi connectivity index (χ1v) is 13.6. The third-order valence-corrected chi connectivity index (χ3v) is 12.1. The minimum atomic E-state index is -0.708. The first-order chi connectivity index (χ1) is 15.6. The van der Waals surface area contributed by atoms with E-state index in [0.717, 1.165) is 32.1 Å². The molecule has 4 saturated carbocycles. The number of aliphatic hydroxyl groups excluding tert-OH is 4. The van der Waals surface area contributed by atoms with Crippen LogP contribution in [0.3, 0.4) is 0 Å². The number of hydrogen-bond donors (Lipinski definition) is 4. The van der Waals surface area contributed by atoms with Gasteiger partial charge in [0.15, 0.2) is 5.79 Å². The van der Waals surface area contributed by atoms with E-state index in [1.165, 1.54) is 6.42 Å². The highest BCUT2D eigenvalue weighted by Crippen LogP contribution is 2.71. The second-order valence-electron chi connectivity index (χ2n) is 13.3. The number of rotatable bonds is 1. The van der Waals surface area contributed by atoms with Gasteiger partial charge in [-0.3, -0.25) is 0 Å². The molecule has 0 aromatic carbocycles. The first kappa shape index (κ1) is 23.2. The van der Waals surface area contributed by atoms with Gasteiger partial charge < -0.3 is 29.9 Å². The van der Waals surface area contributed by atoms with E-state index in [2.05, 4.69) is 20.8 Å². The van der Waals surface area contributed by atoms with Gasteiger partial charge in [0.1, 0.15) is 0 Å². The largest absolute Gasteiger partial charge is 0.396 e. The molecule has 4 N–H and O–H groups in total. The summed E-state index contributed by atoms with van der Waals surface area (Å²) in [6.45, 7) is 7.87. The lowest BCUT2D eigenvalue weighted by Gasteiger charge is -2.62. The fourth-order valence-corrected chi connectivity index (χ4v) is 10.4. The van der Waals surface area contributed by atoms with Gasteiger partial charge >= 0.3 is 0 Å². The molecule has 2 heterocycles. The molecule has 1 spiro atoms. The minimum absolute atomic E-state index is 0.0796. The molecule has 33 heavy (non-hydrogen) atoms. The Kier molecular flexibility index (Phi) is 5.36. The predicted molar refractivity (Wildman–Crippen MR) is 122 cm³/mol. The van der Waals surface area contributed by atoms with Gasteiger partial charge in [0, 0.05) is 24.9 Å². The molecule has 0 amide bonds. The summed E-state index contributed by atoms with van der Waals surface area (Å²) < 4.78 is 13.2. The van der Waals surface area contributed by atoms with Gasteiger partial charge in [-0.1, -0.05) is 20.8 Å². The maximum atomic E-state index is 11.3. The summed E-state index contributed by atoms with van der Waals surface area (Å²) >= 11 is 0. The summed E-state index contributed by atoms with van der Waals surface area (Å²) in [4.78, 5) is 0. The van der Waals surface area contributed by atoms with Crippen molar-refractivity contribution in [1.82, 2.24) is 0 Å². The highest BCUT2D eigenvalue weighted by atomic mass is 16.7. The van der Waals surface area contributed by atoms with Gasteiger partial charge in [-0.2, -0.15) is 0 Å². The van der Waals surface area contributed by atoms with Crippen molar-refractivity contribution in [2.45, 2.75) is 102 Å². The molecule has 6 aliphatic rings. The topological polar surface area (TPSA) is 99.4 Å². The summed E-state index contributed by atoms with van der Waals surface area (Å²) in [6, 6.07) is 0. The van der Waals surface area contributed by atoms with Crippen molar-refractivity contribution < 1.29 is 29.9 Å². The molecule has 6 rings (SSSR count). The Hall–Kier alpha value is -0.240. The Morgan fingerprint density at radius 1 is 0.848 bits per heavy atom. The van der Waals surface area contributed by atoms with Crippen molar-refractivity contribution in [3.63, 3.8) is 0 Å². The van der Waals surface area contributed by atoms with Crippen LogP contribution < -0.4 is 0 Å². The quantitative estimate of drug-likeness (QED) is 0.476. The molecule has 6 heteroatoms. The van der Waals surface area contributed by atoms with E-state index in [4.69, 9.17) is 9.47 Å². The maximum Gasteiger partial charge on any atom is 0.171 e. The minimum Gasteiger partial charge on any atom is -0.396 e. The molecule has 4 aliphatic carbocycles. The van der Waals surface area contributed by atoms with Crippen molar-refractivity contribution in [3.8, 4) is 0 Å². The lowest BCUT2D eigenvalue weighted by molar-refractivity contribution is -0.276. The molecule has 0 unspecified atom stereocenters. The summed E-state index contributed by atoms with van der Waals surface area (Å²) in [5.41, 5.74) is 0.0706. The lowest BCUT2D eigenvalue weighted by atomic mass is 9.43. The smallest absolute Gasteiger partial charge is 0.171 e. The Balaban J connectivity index is 1.26. The Morgan fingerprint density at radius 2 is 1.64 bits per heavy atom. The van der Waals surface area contributed by atoms with Crippen molar-refractivity contribution in [2.24, 2.45) is 52.3 Å². The van der Waals surface area contributed by atoms with Crippen LogP contribution in [0, 0.1) is 52.3 Å². The van der Waals surface area contributed by atoms with Gasteiger partial charge in [0.25, 0.3) is 0 Å². The van der Waals surface area contributed by atoms with E-state index in [0.29, 0.717) is 49.0 Å². The molecule has 0 aromatic rings. The monoisotopic (exact) mass is 464 g/mol. The van der Waals surface area contributed by atoms with Crippen LogP contribution in [0.25, 0.3) is 0 Å². The molecule has 14 atom stereocenters. The van der Waals surface area contributed by atoms with Crippen LogP contribution in [0.4, 0.5) is 0 Å². The van der Waals surface area contributed by atoms with Crippen molar-refractivity contribution >= 4 is 0 Å². The first-order valence-electron chi connectivity index (χ1n) is 13.6. The van der Waals surface area contributed by atoms with Gasteiger partial charge in [0.05, 0.1) is 31.0 Å². The second-order valence-corrected chi connectivity index (χ2v) is 13.3. The maximum absolute atomic E-state index is 11.3. The van der Waals surface area contributed by atoms with E-state index in [1.807, 2.05) is 0 Å². The molecule has 6 fully saturated rings. The molecule has 0 aromatic heterocycles. The molecule has 0 radical (unpaired) electrons. The third-order valence-electron chi connectivity index (χ3n) is 12.1. The molecule has 188 valence electrons. The fraction of sp³-hybridized carbons (Fsp3) is 1.00.